The van der Waals surface area contributed by atoms with Gasteiger partial charge in [0.05, 0.1) is 0 Å². The summed E-state index contributed by atoms with van der Waals surface area (Å²) in [6, 6.07) is 0. The van der Waals surface area contributed by atoms with E-state index in [4.69, 9.17) is 25.3 Å². The minimum Gasteiger partial charge on any atom is -0.179 e. The number of hydrogen-bond donors (Lipinski definition) is 4. The maximum atomic E-state index is 4.74. The second-order valence-electron chi connectivity index (χ2n) is 4.62. The zero-order valence-corrected chi connectivity index (χ0v) is 18.4. The molecule has 20 heavy (non-hydrogen) atoms. The van der Waals surface area contributed by atoms with Gasteiger partial charge in [-0.1, -0.05) is 13.8 Å². The Labute approximate surface area is 160 Å². The van der Waals surface area contributed by atoms with Gasteiger partial charge in [0.25, 0.3) is 0 Å². The lowest BCUT2D eigenvalue weighted by atomic mass is 10.0. The number of thioether (sulfide) groups is 3. The normalized spacial score (nSPS) is 17.7. The Morgan fingerprint density at radius 2 is 1.40 bits per heavy atom. The molecule has 0 saturated heterocycles. The summed E-state index contributed by atoms with van der Waals surface area (Å²) in [6.45, 7) is 4.40. The van der Waals surface area contributed by atoms with E-state index in [0.717, 1.165) is 28.8 Å². The van der Waals surface area contributed by atoms with E-state index in [0.29, 0.717) is 10.5 Å². The van der Waals surface area contributed by atoms with Crippen molar-refractivity contribution in [1.29, 1.82) is 0 Å². The third-order valence-corrected chi connectivity index (χ3v) is 9.65. The zero-order chi connectivity index (χ0) is 15.4. The Bertz CT molecular complexity index is 213. The van der Waals surface area contributed by atoms with Crippen molar-refractivity contribution in [3.63, 3.8) is 0 Å². The first-order chi connectivity index (χ1) is 9.51. The van der Waals surface area contributed by atoms with Crippen LogP contribution in [-0.4, -0.2) is 55.5 Å². The predicted molar refractivity (Wildman–Crippen MR) is 119 cm³/mol. The highest BCUT2D eigenvalue weighted by Crippen LogP contribution is 2.41. The lowest BCUT2D eigenvalue weighted by Crippen LogP contribution is -2.45. The van der Waals surface area contributed by atoms with Gasteiger partial charge in [-0.05, 0) is 29.4 Å². The minimum absolute atomic E-state index is 0.137. The van der Waals surface area contributed by atoms with Crippen LogP contribution >= 0.6 is 85.8 Å². The minimum atomic E-state index is 0.137. The Balaban J connectivity index is 4.15. The molecule has 0 rings (SSSR count). The largest absolute Gasteiger partial charge is 0.179 e. The molecule has 0 aromatic rings. The van der Waals surface area contributed by atoms with Crippen LogP contribution < -0.4 is 0 Å². The van der Waals surface area contributed by atoms with Gasteiger partial charge in [0.15, 0.2) is 0 Å². The summed E-state index contributed by atoms with van der Waals surface area (Å²) >= 11 is 24.1. The first-order valence-corrected chi connectivity index (χ1v) is 12.5. The lowest BCUT2D eigenvalue weighted by Gasteiger charge is -2.39. The van der Waals surface area contributed by atoms with Crippen molar-refractivity contribution in [3.05, 3.63) is 0 Å². The molecule has 0 amide bonds. The third-order valence-electron chi connectivity index (χ3n) is 3.02. The first-order valence-electron chi connectivity index (χ1n) is 6.88. The summed E-state index contributed by atoms with van der Waals surface area (Å²) in [7, 11) is 0. The van der Waals surface area contributed by atoms with Crippen molar-refractivity contribution in [2.45, 2.75) is 35.5 Å². The molecule has 0 aliphatic carbocycles. The average molecular weight is 409 g/mol. The molecule has 0 spiro atoms. The molecule has 0 aliphatic heterocycles. The molecule has 0 heterocycles. The second-order valence-corrected chi connectivity index (χ2v) is 10.9. The SMILES string of the molecule is CC(S)C(CSCCCSCCS)(SCCS)C(C)S. The van der Waals surface area contributed by atoms with E-state index < -0.39 is 0 Å². The highest BCUT2D eigenvalue weighted by Gasteiger charge is 2.38. The Hall–Kier alpha value is 2.45. The van der Waals surface area contributed by atoms with E-state index in [9.17, 15) is 0 Å². The summed E-state index contributed by atoms with van der Waals surface area (Å²) in [6.07, 6.45) is 1.28. The van der Waals surface area contributed by atoms with Crippen molar-refractivity contribution >= 4 is 85.8 Å². The molecule has 0 nitrogen and oxygen atoms in total. The monoisotopic (exact) mass is 408 g/mol. The Morgan fingerprint density at radius 3 is 1.90 bits per heavy atom. The number of hydrogen-bond acceptors (Lipinski definition) is 7. The molecule has 0 aliphatic rings. The van der Waals surface area contributed by atoms with Gasteiger partial charge in [-0.15, -0.1) is 0 Å². The first kappa shape index (κ1) is 22.4. The van der Waals surface area contributed by atoms with Crippen molar-refractivity contribution in [2.75, 3.05) is 40.3 Å². The van der Waals surface area contributed by atoms with Gasteiger partial charge in [0, 0.05) is 32.5 Å². The van der Waals surface area contributed by atoms with Gasteiger partial charge in [0.2, 0.25) is 0 Å². The van der Waals surface area contributed by atoms with Gasteiger partial charge >= 0.3 is 0 Å². The Kier molecular flexibility index (Phi) is 15.5. The molecule has 2 unspecified atom stereocenters. The molecular weight excluding hydrogens is 381 g/mol. The van der Waals surface area contributed by atoms with E-state index in [2.05, 4.69) is 39.1 Å². The van der Waals surface area contributed by atoms with Crippen molar-refractivity contribution in [1.82, 2.24) is 0 Å². The van der Waals surface area contributed by atoms with Crippen LogP contribution in [0.3, 0.4) is 0 Å². The van der Waals surface area contributed by atoms with Crippen molar-refractivity contribution in [3.8, 4) is 0 Å². The summed E-state index contributed by atoms with van der Waals surface area (Å²) in [5, 5.41) is 0.678. The van der Waals surface area contributed by atoms with Crippen LogP contribution in [0.25, 0.3) is 0 Å². The van der Waals surface area contributed by atoms with Crippen LogP contribution in [0.15, 0.2) is 0 Å². The molecule has 0 fully saturated rings. The van der Waals surface area contributed by atoms with Crippen LogP contribution in [0, 0.1) is 0 Å². The third kappa shape index (κ3) is 8.92. The fraction of sp³-hybridized carbons (Fsp3) is 1.00. The molecule has 0 radical (unpaired) electrons. The number of thiol groups is 4. The predicted octanol–water partition coefficient (Wildman–Crippen LogP) is 4.81. The summed E-state index contributed by atoms with van der Waals surface area (Å²) < 4.78 is 0.137. The van der Waals surface area contributed by atoms with E-state index in [1.165, 1.54) is 17.9 Å². The fourth-order valence-electron chi connectivity index (χ4n) is 1.77. The molecule has 7 heteroatoms. The maximum absolute atomic E-state index is 4.74. The lowest BCUT2D eigenvalue weighted by molar-refractivity contribution is 0.642. The second kappa shape index (κ2) is 13.8. The smallest absolute Gasteiger partial charge is 0.0476 e. The van der Waals surface area contributed by atoms with Gasteiger partial charge in [-0.25, -0.2) is 0 Å². The van der Waals surface area contributed by atoms with E-state index in [-0.39, 0.29) is 4.75 Å². The summed E-state index contributed by atoms with van der Waals surface area (Å²) in [5.41, 5.74) is 0. The van der Waals surface area contributed by atoms with Crippen LogP contribution in [0.2, 0.25) is 0 Å². The molecule has 0 saturated carbocycles. The highest BCUT2D eigenvalue weighted by molar-refractivity contribution is 8.05. The molecule has 0 N–H and O–H groups in total. The van der Waals surface area contributed by atoms with E-state index >= 15 is 0 Å². The van der Waals surface area contributed by atoms with Crippen LogP contribution in [0.4, 0.5) is 0 Å². The van der Waals surface area contributed by atoms with Gasteiger partial charge in [-0.2, -0.15) is 85.8 Å². The van der Waals surface area contributed by atoms with Gasteiger partial charge in [0.1, 0.15) is 0 Å². The standard InChI is InChI=1S/C13H28S7/c1-11(16)13(12(2)17,20-9-5-15)10-19-7-3-6-18-8-4-14/h11-12,14-17H,3-10H2,1-2H3. The number of rotatable bonds is 13. The van der Waals surface area contributed by atoms with Crippen LogP contribution in [0.1, 0.15) is 20.3 Å². The maximum Gasteiger partial charge on any atom is 0.0476 e. The topological polar surface area (TPSA) is 0 Å². The van der Waals surface area contributed by atoms with Gasteiger partial charge < -0.3 is 0 Å². The van der Waals surface area contributed by atoms with Crippen LogP contribution in [0.5, 0.6) is 0 Å². The van der Waals surface area contributed by atoms with Crippen molar-refractivity contribution < 1.29 is 0 Å². The summed E-state index contributed by atoms with van der Waals surface area (Å²) in [4.78, 5) is 0. The summed E-state index contributed by atoms with van der Waals surface area (Å²) in [5.74, 6) is 7.72. The quantitative estimate of drug-likeness (QED) is 0.255. The molecule has 0 aromatic carbocycles. The van der Waals surface area contributed by atoms with E-state index in [1.54, 1.807) is 0 Å². The highest BCUT2D eigenvalue weighted by atomic mass is 32.2. The average Bonchev–Trinajstić information content (AvgIpc) is 2.40. The van der Waals surface area contributed by atoms with Gasteiger partial charge in [-0.3, -0.25) is 0 Å². The van der Waals surface area contributed by atoms with Crippen molar-refractivity contribution in [2.24, 2.45) is 0 Å². The molecule has 0 bridgehead atoms. The Morgan fingerprint density at radius 1 is 0.850 bits per heavy atom. The fourth-order valence-corrected chi connectivity index (χ4v) is 7.59. The molecule has 122 valence electrons. The van der Waals surface area contributed by atoms with E-state index in [1.807, 2.05) is 35.3 Å². The molecule has 0 aromatic heterocycles. The molecule has 2 atom stereocenters. The zero-order valence-electron chi connectivity index (χ0n) is 12.3. The molecular formula is C13H28S7. The van der Waals surface area contributed by atoms with Crippen LogP contribution in [-0.2, 0) is 0 Å².